The van der Waals surface area contributed by atoms with Crippen molar-refractivity contribution in [2.45, 2.75) is 69.2 Å². The first kappa shape index (κ1) is 41.7. The molecule has 0 amide bonds. The van der Waals surface area contributed by atoms with Crippen molar-refractivity contribution >= 4 is 0 Å². The molecule has 2 aliphatic rings. The van der Waals surface area contributed by atoms with Gasteiger partial charge in [-0.25, -0.2) is 0 Å². The Morgan fingerprint density at radius 3 is 0.538 bits per heavy atom. The van der Waals surface area contributed by atoms with Gasteiger partial charge in [0.2, 0.25) is 0 Å². The van der Waals surface area contributed by atoms with Crippen LogP contribution in [0.15, 0.2) is 44.6 Å². The van der Waals surface area contributed by atoms with Crippen molar-refractivity contribution < 1.29 is 88.6 Å². The molecule has 0 atom stereocenters. The Kier molecular flexibility index (Phi) is 27.6. The average Bonchev–Trinajstić information content (AvgIpc) is 2.71. The average molecular weight is 616 g/mol. The summed E-state index contributed by atoms with van der Waals surface area (Å²) >= 11 is 0. The van der Waals surface area contributed by atoms with Gasteiger partial charge in [0.25, 0.3) is 0 Å². The minimum absolute atomic E-state index is 0. The monoisotopic (exact) mass is 616 g/mol. The standard InChI is InChI=1S/2C10H16.4ClH.2Ru/c2*1-6-7(2)9(4)10(5)8(6)3;;;;;;/h2*6H,1-5H3;4*1H;;/q;;;;;;2*+2/p-4. The quantitative estimate of drug-likeness (QED) is 0.239. The molecule has 0 N–H and O–H groups in total. The maximum absolute atomic E-state index is 2.28. The molecular weight excluding hydrogens is 584 g/mol. The summed E-state index contributed by atoms with van der Waals surface area (Å²) < 4.78 is 0. The van der Waals surface area contributed by atoms with E-state index < -0.39 is 0 Å². The predicted octanol–water partition coefficient (Wildman–Crippen LogP) is -5.37. The van der Waals surface area contributed by atoms with E-state index in [2.05, 4.69) is 69.2 Å². The molecule has 0 fully saturated rings. The zero-order valence-electron chi connectivity index (χ0n) is 17.4. The molecule has 0 nitrogen and oxygen atoms in total. The molecule has 2 rings (SSSR count). The van der Waals surface area contributed by atoms with Gasteiger partial charge in [0.1, 0.15) is 0 Å². The second-order valence-electron chi connectivity index (χ2n) is 6.68. The van der Waals surface area contributed by atoms with Gasteiger partial charge in [-0.3, -0.25) is 0 Å². The Balaban J connectivity index is -0.0000000625. The molecule has 0 aromatic carbocycles. The molecule has 0 aromatic heterocycles. The predicted molar refractivity (Wildman–Crippen MR) is 91.8 cm³/mol. The van der Waals surface area contributed by atoms with E-state index in [-0.39, 0.29) is 88.6 Å². The molecule has 0 bridgehead atoms. The van der Waals surface area contributed by atoms with Crippen molar-refractivity contribution in [1.82, 2.24) is 0 Å². The van der Waals surface area contributed by atoms with E-state index in [0.29, 0.717) is 11.8 Å². The third-order valence-electron chi connectivity index (χ3n) is 6.09. The molecular formula is C20H32Cl4Ru2. The molecule has 156 valence electrons. The van der Waals surface area contributed by atoms with Gasteiger partial charge in [0.05, 0.1) is 0 Å². The van der Waals surface area contributed by atoms with E-state index >= 15 is 0 Å². The first-order valence-corrected chi connectivity index (χ1v) is 7.81. The number of allylic oxidation sites excluding steroid dienone is 8. The Morgan fingerprint density at radius 1 is 0.385 bits per heavy atom. The summed E-state index contributed by atoms with van der Waals surface area (Å²) in [7, 11) is 0. The fraction of sp³-hybridized carbons (Fsp3) is 0.600. The Bertz CT molecular complexity index is 460. The van der Waals surface area contributed by atoms with Crippen molar-refractivity contribution in [3.8, 4) is 0 Å². The molecule has 0 aliphatic heterocycles. The van der Waals surface area contributed by atoms with Crippen molar-refractivity contribution in [2.75, 3.05) is 0 Å². The van der Waals surface area contributed by atoms with E-state index in [1.165, 1.54) is 22.3 Å². The summed E-state index contributed by atoms with van der Waals surface area (Å²) in [5, 5.41) is 0. The largest absolute Gasteiger partial charge is 2.00 e. The van der Waals surface area contributed by atoms with Gasteiger partial charge in [0, 0.05) is 0 Å². The van der Waals surface area contributed by atoms with Crippen LogP contribution in [0.4, 0.5) is 0 Å². The summed E-state index contributed by atoms with van der Waals surface area (Å²) in [5.74, 6) is 1.39. The zero-order chi connectivity index (χ0) is 15.8. The molecule has 0 heterocycles. The van der Waals surface area contributed by atoms with Crippen molar-refractivity contribution in [3.63, 3.8) is 0 Å². The Hall–Kier alpha value is 1.37. The van der Waals surface area contributed by atoms with Crippen LogP contribution in [0.3, 0.4) is 0 Å². The zero-order valence-corrected chi connectivity index (χ0v) is 23.9. The number of rotatable bonds is 0. The fourth-order valence-electron chi connectivity index (χ4n) is 3.13. The first-order chi connectivity index (χ1) is 9.11. The van der Waals surface area contributed by atoms with Gasteiger partial charge in [-0.2, -0.15) is 0 Å². The van der Waals surface area contributed by atoms with Crippen LogP contribution in [0.25, 0.3) is 0 Å². The molecule has 0 unspecified atom stereocenters. The van der Waals surface area contributed by atoms with Crippen LogP contribution in [0, 0.1) is 11.8 Å². The molecule has 2 aliphatic carbocycles. The van der Waals surface area contributed by atoms with Gasteiger partial charge in [-0.05, 0) is 89.5 Å². The third kappa shape index (κ3) is 8.80. The fourth-order valence-corrected chi connectivity index (χ4v) is 3.13. The van der Waals surface area contributed by atoms with Crippen LogP contribution in [-0.2, 0) is 39.0 Å². The van der Waals surface area contributed by atoms with Crippen LogP contribution in [0.1, 0.15) is 69.2 Å². The van der Waals surface area contributed by atoms with E-state index in [9.17, 15) is 0 Å². The van der Waals surface area contributed by atoms with E-state index in [1.807, 2.05) is 0 Å². The van der Waals surface area contributed by atoms with Gasteiger partial charge in [-0.15, -0.1) is 0 Å². The van der Waals surface area contributed by atoms with Crippen molar-refractivity contribution in [1.29, 1.82) is 0 Å². The van der Waals surface area contributed by atoms with Gasteiger partial charge in [-0.1, -0.05) is 36.1 Å². The number of hydrogen-bond donors (Lipinski definition) is 0. The smallest absolute Gasteiger partial charge is 1.00 e. The van der Waals surface area contributed by atoms with Crippen LogP contribution in [-0.4, -0.2) is 0 Å². The van der Waals surface area contributed by atoms with E-state index in [0.717, 1.165) is 0 Å². The van der Waals surface area contributed by atoms with Gasteiger partial charge < -0.3 is 49.6 Å². The van der Waals surface area contributed by atoms with Gasteiger partial charge >= 0.3 is 39.0 Å². The maximum atomic E-state index is 2.28. The number of hydrogen-bond acceptors (Lipinski definition) is 0. The molecule has 0 radical (unpaired) electrons. The van der Waals surface area contributed by atoms with Crippen LogP contribution < -0.4 is 49.6 Å². The minimum atomic E-state index is 0. The Morgan fingerprint density at radius 2 is 0.500 bits per heavy atom. The molecule has 0 saturated carbocycles. The van der Waals surface area contributed by atoms with Crippen LogP contribution in [0.2, 0.25) is 0 Å². The first-order valence-electron chi connectivity index (χ1n) is 7.81. The normalized spacial score (nSPS) is 16.4. The maximum Gasteiger partial charge on any atom is 2.00 e. The van der Waals surface area contributed by atoms with E-state index in [1.54, 1.807) is 22.3 Å². The summed E-state index contributed by atoms with van der Waals surface area (Å²) in [4.78, 5) is 0. The third-order valence-corrected chi connectivity index (χ3v) is 6.09. The second-order valence-corrected chi connectivity index (χ2v) is 6.68. The van der Waals surface area contributed by atoms with Gasteiger partial charge in [0.15, 0.2) is 0 Å². The van der Waals surface area contributed by atoms with Crippen LogP contribution >= 0.6 is 0 Å². The van der Waals surface area contributed by atoms with Crippen molar-refractivity contribution in [2.24, 2.45) is 11.8 Å². The molecule has 0 spiro atoms. The number of halogens is 4. The summed E-state index contributed by atoms with van der Waals surface area (Å²) in [6.07, 6.45) is 0. The Labute approximate surface area is 212 Å². The van der Waals surface area contributed by atoms with Crippen molar-refractivity contribution in [3.05, 3.63) is 44.6 Å². The molecule has 0 aromatic rings. The second kappa shape index (κ2) is 17.2. The van der Waals surface area contributed by atoms with E-state index in [4.69, 9.17) is 0 Å². The summed E-state index contributed by atoms with van der Waals surface area (Å²) in [5.41, 5.74) is 12.2. The summed E-state index contributed by atoms with van der Waals surface area (Å²) in [6, 6.07) is 0. The SMILES string of the molecule is CC1=C(C)C(C)C(C)=C1C.CC1=C(C)C(C)C(C)=C1C.[Cl-].[Cl-].[Cl-].[Cl-].[Ru+2].[Ru+2]. The topological polar surface area (TPSA) is 0 Å². The molecule has 0 saturated heterocycles. The molecule has 6 heteroatoms. The minimum Gasteiger partial charge on any atom is -1.00 e. The summed E-state index contributed by atoms with van der Waals surface area (Å²) in [6.45, 7) is 22.4. The van der Waals surface area contributed by atoms with Crippen LogP contribution in [0.5, 0.6) is 0 Å². The molecule has 26 heavy (non-hydrogen) atoms.